The molecule has 3 heteroatoms. The summed E-state index contributed by atoms with van der Waals surface area (Å²) in [5.74, 6) is 0.801. The van der Waals surface area contributed by atoms with Crippen molar-refractivity contribution in [1.29, 1.82) is 0 Å². The van der Waals surface area contributed by atoms with Crippen molar-refractivity contribution >= 4 is 23.6 Å². The molecule has 0 radical (unpaired) electrons. The maximum atomic E-state index is 11.1. The molecule has 0 bridgehead atoms. The molecular formula is C22H24ClNO. The highest BCUT2D eigenvalue weighted by Crippen LogP contribution is 2.67. The molecule has 0 spiro atoms. The summed E-state index contributed by atoms with van der Waals surface area (Å²) in [7, 11) is 0. The first-order valence-corrected chi connectivity index (χ1v) is 8.91. The number of hydrogen-bond acceptors (Lipinski definition) is 2. The van der Waals surface area contributed by atoms with Crippen molar-refractivity contribution in [2.24, 2.45) is 11.3 Å². The molecule has 1 N–H and O–H groups in total. The van der Waals surface area contributed by atoms with Gasteiger partial charge >= 0.3 is 0 Å². The van der Waals surface area contributed by atoms with Crippen LogP contribution in [0, 0.1) is 25.2 Å². The van der Waals surface area contributed by atoms with Crippen molar-refractivity contribution in [2.75, 3.05) is 5.32 Å². The predicted molar refractivity (Wildman–Crippen MR) is 106 cm³/mol. The summed E-state index contributed by atoms with van der Waals surface area (Å²) in [6, 6.07) is 12.1. The van der Waals surface area contributed by atoms with E-state index in [4.69, 9.17) is 11.6 Å². The fourth-order valence-corrected chi connectivity index (χ4v) is 4.01. The number of aldehydes is 1. The summed E-state index contributed by atoms with van der Waals surface area (Å²) in [5.41, 5.74) is 6.48. The van der Waals surface area contributed by atoms with E-state index in [1.807, 2.05) is 6.07 Å². The molecule has 1 aliphatic carbocycles. The van der Waals surface area contributed by atoms with Gasteiger partial charge in [0.2, 0.25) is 0 Å². The third kappa shape index (κ3) is 3.23. The molecule has 0 aromatic heterocycles. The molecule has 130 valence electrons. The first kappa shape index (κ1) is 17.8. The smallest absolute Gasteiger partial charge is 0.151 e. The van der Waals surface area contributed by atoms with Crippen LogP contribution in [0.1, 0.15) is 46.8 Å². The summed E-state index contributed by atoms with van der Waals surface area (Å²) >= 11 is 6.00. The molecule has 0 heterocycles. The standard InChI is InChI=1S/C22H24ClNO/c1-13-6-7-16(10-14(13)2)21-20(22(21,4)5)15(3)24-18-8-9-19(23)17(11-18)12-25/h6-12,20-21,24H,3H2,1-2,4-5H3. The van der Waals surface area contributed by atoms with Crippen LogP contribution in [0.2, 0.25) is 5.02 Å². The van der Waals surface area contributed by atoms with Crippen LogP contribution in [0.15, 0.2) is 48.7 Å². The van der Waals surface area contributed by atoms with Crippen molar-refractivity contribution < 1.29 is 4.79 Å². The van der Waals surface area contributed by atoms with Crippen LogP contribution in [-0.4, -0.2) is 6.29 Å². The fourth-order valence-electron chi connectivity index (χ4n) is 3.84. The van der Waals surface area contributed by atoms with E-state index >= 15 is 0 Å². The molecule has 0 amide bonds. The molecule has 2 aromatic carbocycles. The van der Waals surface area contributed by atoms with E-state index in [1.54, 1.807) is 12.1 Å². The van der Waals surface area contributed by atoms with E-state index in [2.05, 4.69) is 57.8 Å². The van der Waals surface area contributed by atoms with Crippen LogP contribution in [-0.2, 0) is 0 Å². The summed E-state index contributed by atoms with van der Waals surface area (Å²) in [6.07, 6.45) is 0.773. The second kappa shape index (κ2) is 6.34. The zero-order valence-electron chi connectivity index (χ0n) is 15.2. The molecular weight excluding hydrogens is 330 g/mol. The summed E-state index contributed by atoms with van der Waals surface area (Å²) in [5, 5.41) is 3.84. The van der Waals surface area contributed by atoms with Crippen molar-refractivity contribution in [3.63, 3.8) is 0 Å². The molecule has 2 nitrogen and oxygen atoms in total. The second-order valence-corrected chi connectivity index (χ2v) is 8.03. The number of carbonyl (C=O) groups is 1. The fraction of sp³-hybridized carbons (Fsp3) is 0.318. The van der Waals surface area contributed by atoms with Gasteiger partial charge in [-0.25, -0.2) is 0 Å². The highest BCUT2D eigenvalue weighted by Gasteiger charge is 2.59. The molecule has 2 unspecified atom stereocenters. The van der Waals surface area contributed by atoms with Crippen LogP contribution >= 0.6 is 11.6 Å². The molecule has 1 saturated carbocycles. The normalized spacial score (nSPS) is 20.8. The number of anilines is 1. The first-order valence-electron chi connectivity index (χ1n) is 8.53. The molecule has 2 aromatic rings. The number of hydrogen-bond donors (Lipinski definition) is 1. The monoisotopic (exact) mass is 353 g/mol. The predicted octanol–water partition coefficient (Wildman–Crippen LogP) is 6.13. The van der Waals surface area contributed by atoms with Gasteiger partial charge in [-0.05, 0) is 60.1 Å². The lowest BCUT2D eigenvalue weighted by Gasteiger charge is -2.12. The minimum Gasteiger partial charge on any atom is -0.359 e. The Hall–Kier alpha value is -2.06. The average molecular weight is 354 g/mol. The topological polar surface area (TPSA) is 29.1 Å². The highest BCUT2D eigenvalue weighted by molar-refractivity contribution is 6.33. The number of carbonyl (C=O) groups excluding carboxylic acids is 1. The Morgan fingerprint density at radius 2 is 1.88 bits per heavy atom. The number of halogens is 1. The van der Waals surface area contributed by atoms with Gasteiger partial charge in [-0.1, -0.05) is 50.2 Å². The lowest BCUT2D eigenvalue weighted by atomic mass is 9.99. The number of nitrogens with one attached hydrogen (secondary N) is 1. The van der Waals surface area contributed by atoms with E-state index in [9.17, 15) is 4.79 Å². The van der Waals surface area contributed by atoms with Gasteiger partial charge in [-0.3, -0.25) is 4.79 Å². The average Bonchev–Trinajstić information content (AvgIpc) is 3.14. The van der Waals surface area contributed by atoms with Gasteiger partial charge in [0.05, 0.1) is 5.02 Å². The maximum Gasteiger partial charge on any atom is 0.151 e. The second-order valence-electron chi connectivity index (χ2n) is 7.62. The zero-order chi connectivity index (χ0) is 18.4. The van der Waals surface area contributed by atoms with Crippen molar-refractivity contribution in [3.8, 4) is 0 Å². The summed E-state index contributed by atoms with van der Waals surface area (Å²) < 4.78 is 0. The van der Waals surface area contributed by atoms with Crippen LogP contribution in [0.25, 0.3) is 0 Å². The quantitative estimate of drug-likeness (QED) is 0.654. The van der Waals surface area contributed by atoms with Gasteiger partial charge in [0.25, 0.3) is 0 Å². The SMILES string of the molecule is C=C(Nc1ccc(Cl)c(C=O)c1)C1C(c2ccc(C)c(C)c2)C1(C)C. The lowest BCUT2D eigenvalue weighted by molar-refractivity contribution is 0.112. The van der Waals surface area contributed by atoms with Crippen LogP contribution in [0.4, 0.5) is 5.69 Å². The Morgan fingerprint density at radius 1 is 1.16 bits per heavy atom. The Morgan fingerprint density at radius 3 is 2.52 bits per heavy atom. The van der Waals surface area contributed by atoms with E-state index in [0.29, 0.717) is 22.4 Å². The molecule has 0 saturated heterocycles. The Kier molecular flexibility index (Phi) is 4.51. The summed E-state index contributed by atoms with van der Waals surface area (Å²) in [6.45, 7) is 13.1. The third-order valence-corrected chi connectivity index (χ3v) is 5.86. The first-order chi connectivity index (χ1) is 11.8. The third-order valence-electron chi connectivity index (χ3n) is 5.52. The van der Waals surface area contributed by atoms with Gasteiger partial charge in [0, 0.05) is 22.9 Å². The van der Waals surface area contributed by atoms with E-state index in [1.165, 1.54) is 16.7 Å². The molecule has 2 atom stereocenters. The Bertz CT molecular complexity index is 853. The molecule has 25 heavy (non-hydrogen) atoms. The Balaban J connectivity index is 1.80. The number of benzene rings is 2. The molecule has 1 fully saturated rings. The number of allylic oxidation sites excluding steroid dienone is 1. The van der Waals surface area contributed by atoms with Gasteiger partial charge in [-0.15, -0.1) is 0 Å². The number of rotatable bonds is 5. The van der Waals surface area contributed by atoms with Crippen molar-refractivity contribution in [2.45, 2.75) is 33.6 Å². The van der Waals surface area contributed by atoms with Crippen LogP contribution in [0.3, 0.4) is 0 Å². The minimum atomic E-state index is 0.158. The zero-order valence-corrected chi connectivity index (χ0v) is 15.9. The molecule has 1 aliphatic rings. The van der Waals surface area contributed by atoms with E-state index in [0.717, 1.165) is 17.7 Å². The molecule has 0 aliphatic heterocycles. The molecule has 3 rings (SSSR count). The van der Waals surface area contributed by atoms with Crippen LogP contribution < -0.4 is 5.32 Å². The maximum absolute atomic E-state index is 11.1. The van der Waals surface area contributed by atoms with Gasteiger partial charge in [0.1, 0.15) is 0 Å². The van der Waals surface area contributed by atoms with E-state index in [-0.39, 0.29) is 5.41 Å². The van der Waals surface area contributed by atoms with Gasteiger partial charge in [0.15, 0.2) is 6.29 Å². The number of aryl methyl sites for hydroxylation is 2. The van der Waals surface area contributed by atoms with Gasteiger partial charge in [-0.2, -0.15) is 0 Å². The van der Waals surface area contributed by atoms with E-state index < -0.39 is 0 Å². The van der Waals surface area contributed by atoms with Crippen molar-refractivity contribution in [3.05, 3.63) is 76.0 Å². The lowest BCUT2D eigenvalue weighted by Crippen LogP contribution is -2.04. The minimum absolute atomic E-state index is 0.158. The van der Waals surface area contributed by atoms with Crippen LogP contribution in [0.5, 0.6) is 0 Å². The largest absolute Gasteiger partial charge is 0.359 e. The summed E-state index contributed by atoms with van der Waals surface area (Å²) in [4.78, 5) is 11.1. The Labute approximate surface area is 154 Å². The highest BCUT2D eigenvalue weighted by atomic mass is 35.5. The van der Waals surface area contributed by atoms with Crippen molar-refractivity contribution in [1.82, 2.24) is 0 Å². The van der Waals surface area contributed by atoms with Gasteiger partial charge < -0.3 is 5.32 Å².